The van der Waals surface area contributed by atoms with Crippen LogP contribution in [0.1, 0.15) is 27.2 Å². The third-order valence-electron chi connectivity index (χ3n) is 3.39. The lowest BCUT2D eigenvalue weighted by Gasteiger charge is -2.41. The molecule has 1 N–H and O–H groups in total. The molecular weight excluding hydrogens is 186 g/mol. The first kappa shape index (κ1) is 12.9. The molecule has 0 saturated carbocycles. The second-order valence-electron chi connectivity index (χ2n) is 5.62. The summed E-state index contributed by atoms with van der Waals surface area (Å²) in [6.07, 6.45) is 1.26. The maximum absolute atomic E-state index is 3.53. The summed E-state index contributed by atoms with van der Waals surface area (Å²) >= 11 is 0. The van der Waals surface area contributed by atoms with E-state index in [9.17, 15) is 0 Å². The van der Waals surface area contributed by atoms with E-state index in [-0.39, 0.29) is 5.54 Å². The number of nitrogens with zero attached hydrogens (tertiary/aromatic N) is 2. The van der Waals surface area contributed by atoms with Crippen molar-refractivity contribution in [2.24, 2.45) is 0 Å². The first-order chi connectivity index (χ1) is 6.93. The Balaban J connectivity index is 2.60. The van der Waals surface area contributed by atoms with Crippen LogP contribution in [0.3, 0.4) is 0 Å². The van der Waals surface area contributed by atoms with Crippen LogP contribution in [-0.2, 0) is 0 Å². The lowest BCUT2D eigenvalue weighted by Crippen LogP contribution is -2.53. The fourth-order valence-corrected chi connectivity index (χ4v) is 2.39. The second-order valence-corrected chi connectivity index (χ2v) is 5.62. The van der Waals surface area contributed by atoms with E-state index < -0.39 is 0 Å². The van der Waals surface area contributed by atoms with E-state index >= 15 is 0 Å². The summed E-state index contributed by atoms with van der Waals surface area (Å²) < 4.78 is 0. The molecule has 1 saturated heterocycles. The van der Waals surface area contributed by atoms with E-state index in [2.05, 4.69) is 50.0 Å². The van der Waals surface area contributed by atoms with Crippen LogP contribution in [0.15, 0.2) is 0 Å². The minimum atomic E-state index is 0.284. The second kappa shape index (κ2) is 5.28. The van der Waals surface area contributed by atoms with Crippen molar-refractivity contribution >= 4 is 0 Å². The minimum absolute atomic E-state index is 0.284. The van der Waals surface area contributed by atoms with Gasteiger partial charge in [-0.05, 0) is 47.8 Å². The Morgan fingerprint density at radius 3 is 2.67 bits per heavy atom. The zero-order chi connectivity index (χ0) is 11.5. The summed E-state index contributed by atoms with van der Waals surface area (Å²) in [4.78, 5) is 4.91. The molecule has 0 aromatic rings. The Bertz CT molecular complexity index is 189. The standard InChI is InChI=1S/C12H27N3/c1-11-6-7-13-10-12(2,3)15(11)9-8-14(4)5/h11,13H,6-10H2,1-5H3. The van der Waals surface area contributed by atoms with Gasteiger partial charge in [0.15, 0.2) is 0 Å². The molecule has 0 spiro atoms. The largest absolute Gasteiger partial charge is 0.315 e. The fraction of sp³-hybridized carbons (Fsp3) is 1.00. The fourth-order valence-electron chi connectivity index (χ4n) is 2.39. The first-order valence-corrected chi connectivity index (χ1v) is 6.05. The Morgan fingerprint density at radius 1 is 1.40 bits per heavy atom. The molecule has 0 aromatic carbocycles. The first-order valence-electron chi connectivity index (χ1n) is 6.05. The molecule has 1 aliphatic rings. The molecule has 90 valence electrons. The predicted octanol–water partition coefficient (Wildman–Crippen LogP) is 1.01. The lowest BCUT2D eigenvalue weighted by atomic mass is 10.0. The molecule has 1 fully saturated rings. The smallest absolute Gasteiger partial charge is 0.0281 e. The van der Waals surface area contributed by atoms with Gasteiger partial charge in [0.25, 0.3) is 0 Å². The van der Waals surface area contributed by atoms with Gasteiger partial charge in [-0.25, -0.2) is 0 Å². The van der Waals surface area contributed by atoms with Crippen molar-refractivity contribution in [3.63, 3.8) is 0 Å². The molecule has 0 radical (unpaired) electrons. The van der Waals surface area contributed by atoms with Gasteiger partial charge in [-0.3, -0.25) is 4.90 Å². The van der Waals surface area contributed by atoms with Crippen LogP contribution < -0.4 is 5.32 Å². The van der Waals surface area contributed by atoms with Crippen LogP contribution in [0.2, 0.25) is 0 Å². The molecule has 0 amide bonds. The number of likely N-dealkylation sites (N-methyl/N-ethyl adjacent to an activating group) is 1. The van der Waals surface area contributed by atoms with Crippen LogP contribution >= 0.6 is 0 Å². The topological polar surface area (TPSA) is 18.5 Å². The van der Waals surface area contributed by atoms with Crippen molar-refractivity contribution in [2.45, 2.75) is 38.8 Å². The van der Waals surface area contributed by atoms with Crippen LogP contribution in [0.5, 0.6) is 0 Å². The van der Waals surface area contributed by atoms with Gasteiger partial charge in [0.1, 0.15) is 0 Å². The van der Waals surface area contributed by atoms with E-state index in [1.165, 1.54) is 13.0 Å². The van der Waals surface area contributed by atoms with E-state index in [1.807, 2.05) is 0 Å². The van der Waals surface area contributed by atoms with Gasteiger partial charge in [-0.2, -0.15) is 0 Å². The summed E-state index contributed by atoms with van der Waals surface area (Å²) in [6.45, 7) is 11.6. The Kier molecular flexibility index (Phi) is 4.56. The van der Waals surface area contributed by atoms with Gasteiger partial charge in [0, 0.05) is 31.2 Å². The van der Waals surface area contributed by atoms with Crippen molar-refractivity contribution in [2.75, 3.05) is 40.3 Å². The molecule has 1 aliphatic heterocycles. The van der Waals surface area contributed by atoms with Gasteiger partial charge in [0.05, 0.1) is 0 Å². The van der Waals surface area contributed by atoms with Gasteiger partial charge in [-0.15, -0.1) is 0 Å². The molecule has 1 rings (SSSR count). The highest BCUT2D eigenvalue weighted by Crippen LogP contribution is 2.20. The average Bonchev–Trinajstić information content (AvgIpc) is 2.22. The maximum atomic E-state index is 3.53. The Hall–Kier alpha value is -0.120. The van der Waals surface area contributed by atoms with Gasteiger partial charge < -0.3 is 10.2 Å². The van der Waals surface area contributed by atoms with E-state index in [1.54, 1.807) is 0 Å². The van der Waals surface area contributed by atoms with E-state index in [0.29, 0.717) is 6.04 Å². The van der Waals surface area contributed by atoms with Gasteiger partial charge >= 0.3 is 0 Å². The van der Waals surface area contributed by atoms with Crippen molar-refractivity contribution in [3.05, 3.63) is 0 Å². The van der Waals surface area contributed by atoms with Crippen molar-refractivity contribution in [3.8, 4) is 0 Å². The van der Waals surface area contributed by atoms with Gasteiger partial charge in [-0.1, -0.05) is 0 Å². The summed E-state index contributed by atoms with van der Waals surface area (Å²) in [7, 11) is 4.29. The minimum Gasteiger partial charge on any atom is -0.315 e. The van der Waals surface area contributed by atoms with E-state index in [0.717, 1.165) is 19.6 Å². The summed E-state index contributed by atoms with van der Waals surface area (Å²) in [5.41, 5.74) is 0.284. The normalized spacial score (nSPS) is 28.0. The number of nitrogens with one attached hydrogen (secondary N) is 1. The zero-order valence-electron chi connectivity index (χ0n) is 11.0. The molecule has 1 unspecified atom stereocenters. The molecule has 1 atom stereocenters. The predicted molar refractivity (Wildman–Crippen MR) is 66.3 cm³/mol. The molecule has 0 aliphatic carbocycles. The van der Waals surface area contributed by atoms with Crippen molar-refractivity contribution < 1.29 is 0 Å². The van der Waals surface area contributed by atoms with Crippen LogP contribution in [-0.4, -0.2) is 61.7 Å². The average molecular weight is 213 g/mol. The highest BCUT2D eigenvalue weighted by Gasteiger charge is 2.31. The summed E-state index contributed by atoms with van der Waals surface area (Å²) in [6, 6.07) is 0.690. The zero-order valence-corrected chi connectivity index (χ0v) is 11.0. The third-order valence-corrected chi connectivity index (χ3v) is 3.39. The molecule has 1 heterocycles. The summed E-state index contributed by atoms with van der Waals surface area (Å²) in [5.74, 6) is 0. The van der Waals surface area contributed by atoms with Crippen molar-refractivity contribution in [1.29, 1.82) is 0 Å². The SMILES string of the molecule is CC1CCNCC(C)(C)N1CCN(C)C. The maximum Gasteiger partial charge on any atom is 0.0281 e. The molecule has 3 nitrogen and oxygen atoms in total. The Morgan fingerprint density at radius 2 is 2.07 bits per heavy atom. The van der Waals surface area contributed by atoms with Crippen LogP contribution in [0.25, 0.3) is 0 Å². The highest BCUT2D eigenvalue weighted by molar-refractivity contribution is 4.90. The number of hydrogen-bond donors (Lipinski definition) is 1. The van der Waals surface area contributed by atoms with Crippen molar-refractivity contribution in [1.82, 2.24) is 15.1 Å². The Labute approximate surface area is 94.8 Å². The molecule has 15 heavy (non-hydrogen) atoms. The molecular formula is C12H27N3. The number of hydrogen-bond acceptors (Lipinski definition) is 3. The van der Waals surface area contributed by atoms with Gasteiger partial charge in [0.2, 0.25) is 0 Å². The number of rotatable bonds is 3. The monoisotopic (exact) mass is 213 g/mol. The highest BCUT2D eigenvalue weighted by atomic mass is 15.3. The third kappa shape index (κ3) is 3.74. The quantitative estimate of drug-likeness (QED) is 0.755. The summed E-state index contributed by atoms with van der Waals surface area (Å²) in [5, 5.41) is 3.53. The molecule has 0 aromatic heterocycles. The van der Waals surface area contributed by atoms with Crippen LogP contribution in [0.4, 0.5) is 0 Å². The van der Waals surface area contributed by atoms with Crippen LogP contribution in [0, 0.1) is 0 Å². The van der Waals surface area contributed by atoms with E-state index in [4.69, 9.17) is 0 Å². The molecule has 0 bridgehead atoms. The lowest BCUT2D eigenvalue weighted by molar-refractivity contribution is 0.0805. The molecule has 3 heteroatoms.